The number of carbonyl (C=O) groups is 1. The van der Waals surface area contributed by atoms with Gasteiger partial charge in [-0.05, 0) is 13.0 Å². The molecule has 21 heavy (non-hydrogen) atoms. The van der Waals surface area contributed by atoms with Gasteiger partial charge in [-0.3, -0.25) is 4.79 Å². The summed E-state index contributed by atoms with van der Waals surface area (Å²) < 4.78 is 27.6. The summed E-state index contributed by atoms with van der Waals surface area (Å²) in [6.07, 6.45) is 0.762. The fourth-order valence-electron chi connectivity index (χ4n) is 1.94. The number of amides is 1. The van der Waals surface area contributed by atoms with Gasteiger partial charge in [-0.1, -0.05) is 13.8 Å². The van der Waals surface area contributed by atoms with Gasteiger partial charge >= 0.3 is 0 Å². The van der Waals surface area contributed by atoms with Crippen LogP contribution in [0.3, 0.4) is 0 Å². The van der Waals surface area contributed by atoms with Crippen LogP contribution in [0.15, 0.2) is 17.2 Å². The standard InChI is InChI=1S/C13H23N3O4S/c1-5-16(6-2)21(19,20)11-7-12(15(4)9-11)13(18)14-8-10(3)17/h7,9-10,17H,5-6,8H2,1-4H3,(H,14,18)/t10-/m1/s1. The van der Waals surface area contributed by atoms with Crippen LogP contribution in [0, 0.1) is 0 Å². The summed E-state index contributed by atoms with van der Waals surface area (Å²) in [6, 6.07) is 1.35. The van der Waals surface area contributed by atoms with Crippen LogP contribution in [0.25, 0.3) is 0 Å². The van der Waals surface area contributed by atoms with Crippen molar-refractivity contribution >= 4 is 15.9 Å². The minimum absolute atomic E-state index is 0.0934. The van der Waals surface area contributed by atoms with Gasteiger partial charge in [0.1, 0.15) is 10.6 Å². The molecule has 0 aromatic carbocycles. The van der Waals surface area contributed by atoms with Crippen molar-refractivity contribution in [3.63, 3.8) is 0 Å². The molecule has 1 amide bonds. The average Bonchev–Trinajstić information content (AvgIpc) is 2.80. The van der Waals surface area contributed by atoms with Crippen LogP contribution in [0.2, 0.25) is 0 Å². The van der Waals surface area contributed by atoms with Crippen molar-refractivity contribution in [2.75, 3.05) is 19.6 Å². The predicted octanol–water partition coefficient (Wildman–Crippen LogP) is 0.166. The molecule has 0 unspecified atom stereocenters. The highest BCUT2D eigenvalue weighted by Crippen LogP contribution is 2.18. The van der Waals surface area contributed by atoms with Crippen molar-refractivity contribution in [2.24, 2.45) is 7.05 Å². The second kappa shape index (κ2) is 7.06. The first-order valence-electron chi connectivity index (χ1n) is 6.86. The summed E-state index contributed by atoms with van der Waals surface area (Å²) in [5.41, 5.74) is 0.237. The quantitative estimate of drug-likeness (QED) is 0.750. The lowest BCUT2D eigenvalue weighted by Gasteiger charge is -2.17. The maximum Gasteiger partial charge on any atom is 0.268 e. The first kappa shape index (κ1) is 17.7. The third-order valence-corrected chi connectivity index (χ3v) is 5.13. The number of nitrogens with one attached hydrogen (secondary N) is 1. The number of carbonyl (C=O) groups excluding carboxylic acids is 1. The Morgan fingerprint density at radius 1 is 1.43 bits per heavy atom. The Kier molecular flexibility index (Phi) is 5.94. The first-order chi connectivity index (χ1) is 9.73. The molecule has 1 heterocycles. The first-order valence-corrected chi connectivity index (χ1v) is 8.30. The highest BCUT2D eigenvalue weighted by Gasteiger charge is 2.25. The SMILES string of the molecule is CCN(CC)S(=O)(=O)c1cc(C(=O)NC[C@@H](C)O)n(C)c1. The molecule has 0 saturated heterocycles. The lowest BCUT2D eigenvalue weighted by Crippen LogP contribution is -2.31. The number of aliphatic hydroxyl groups excluding tert-OH is 1. The van der Waals surface area contributed by atoms with E-state index in [2.05, 4.69) is 5.32 Å². The van der Waals surface area contributed by atoms with Crippen molar-refractivity contribution in [2.45, 2.75) is 31.8 Å². The number of hydrogen-bond donors (Lipinski definition) is 2. The molecule has 1 rings (SSSR count). The van der Waals surface area contributed by atoms with E-state index in [1.165, 1.54) is 21.1 Å². The van der Waals surface area contributed by atoms with Crippen molar-refractivity contribution in [1.29, 1.82) is 0 Å². The maximum absolute atomic E-state index is 12.4. The number of aliphatic hydroxyl groups is 1. The van der Waals surface area contributed by atoms with Gasteiger partial charge in [-0.15, -0.1) is 0 Å². The lowest BCUT2D eigenvalue weighted by molar-refractivity contribution is 0.0916. The van der Waals surface area contributed by atoms with Crippen LogP contribution in [-0.2, 0) is 17.1 Å². The van der Waals surface area contributed by atoms with Crippen molar-refractivity contribution < 1.29 is 18.3 Å². The number of aromatic nitrogens is 1. The molecule has 8 heteroatoms. The van der Waals surface area contributed by atoms with E-state index in [4.69, 9.17) is 5.11 Å². The van der Waals surface area contributed by atoms with Crippen LogP contribution in [0.5, 0.6) is 0 Å². The van der Waals surface area contributed by atoms with Gasteiger partial charge in [0.25, 0.3) is 5.91 Å². The monoisotopic (exact) mass is 317 g/mol. The summed E-state index contributed by atoms with van der Waals surface area (Å²) in [5.74, 6) is -0.417. The average molecular weight is 317 g/mol. The molecular weight excluding hydrogens is 294 g/mol. The molecule has 0 bridgehead atoms. The zero-order valence-electron chi connectivity index (χ0n) is 12.8. The molecule has 0 radical (unpaired) electrons. The van der Waals surface area contributed by atoms with Gasteiger partial charge in [0, 0.05) is 32.9 Å². The van der Waals surface area contributed by atoms with Gasteiger partial charge in [0.05, 0.1) is 6.10 Å². The van der Waals surface area contributed by atoms with Crippen LogP contribution in [0.4, 0.5) is 0 Å². The van der Waals surface area contributed by atoms with E-state index >= 15 is 0 Å². The van der Waals surface area contributed by atoms with Gasteiger partial charge in [0.2, 0.25) is 10.0 Å². The Morgan fingerprint density at radius 2 is 2.00 bits per heavy atom. The molecular formula is C13H23N3O4S. The molecule has 1 aromatic heterocycles. The highest BCUT2D eigenvalue weighted by atomic mass is 32.2. The van der Waals surface area contributed by atoms with Crippen LogP contribution >= 0.6 is 0 Å². The van der Waals surface area contributed by atoms with Gasteiger partial charge in [-0.2, -0.15) is 4.31 Å². The van der Waals surface area contributed by atoms with Crippen molar-refractivity contribution in [3.8, 4) is 0 Å². The third kappa shape index (κ3) is 4.05. The summed E-state index contributed by atoms with van der Waals surface area (Å²) in [6.45, 7) is 5.94. The Hall–Kier alpha value is -1.38. The van der Waals surface area contributed by atoms with Crippen LogP contribution < -0.4 is 5.32 Å². The number of sulfonamides is 1. The summed E-state index contributed by atoms with van der Waals surface area (Å²) >= 11 is 0. The lowest BCUT2D eigenvalue weighted by atomic mass is 10.3. The van der Waals surface area contributed by atoms with Crippen LogP contribution in [0.1, 0.15) is 31.3 Å². The van der Waals surface area contributed by atoms with E-state index in [1.54, 1.807) is 27.8 Å². The van der Waals surface area contributed by atoms with Crippen LogP contribution in [-0.4, -0.2) is 54.0 Å². The highest BCUT2D eigenvalue weighted by molar-refractivity contribution is 7.89. The third-order valence-electron chi connectivity index (χ3n) is 3.11. The van der Waals surface area contributed by atoms with Crippen molar-refractivity contribution in [1.82, 2.24) is 14.2 Å². The second-order valence-corrected chi connectivity index (χ2v) is 6.76. The minimum atomic E-state index is -3.58. The van der Waals surface area contributed by atoms with E-state index in [0.717, 1.165) is 0 Å². The van der Waals surface area contributed by atoms with E-state index in [-0.39, 0.29) is 17.1 Å². The largest absolute Gasteiger partial charge is 0.392 e. The summed E-state index contributed by atoms with van der Waals surface area (Å²) in [4.78, 5) is 12.1. The Labute approximate surface area is 125 Å². The minimum Gasteiger partial charge on any atom is -0.392 e. The van der Waals surface area contributed by atoms with E-state index in [9.17, 15) is 13.2 Å². The molecule has 0 fully saturated rings. The number of hydrogen-bond acceptors (Lipinski definition) is 4. The zero-order valence-corrected chi connectivity index (χ0v) is 13.6. The molecule has 1 atom stereocenters. The van der Waals surface area contributed by atoms with Crippen molar-refractivity contribution in [3.05, 3.63) is 18.0 Å². The van der Waals surface area contributed by atoms with Gasteiger partial charge < -0.3 is 15.0 Å². The topological polar surface area (TPSA) is 91.6 Å². The second-order valence-electron chi connectivity index (χ2n) is 4.82. The normalized spacial score (nSPS) is 13.4. The summed E-state index contributed by atoms with van der Waals surface area (Å²) in [5, 5.41) is 11.7. The number of nitrogens with zero attached hydrogens (tertiary/aromatic N) is 2. The molecule has 1 aromatic rings. The fourth-order valence-corrected chi connectivity index (χ4v) is 3.47. The number of aryl methyl sites for hydroxylation is 1. The Balaban J connectivity index is 3.05. The van der Waals surface area contributed by atoms with E-state index < -0.39 is 22.0 Å². The molecule has 0 aliphatic carbocycles. The van der Waals surface area contributed by atoms with Gasteiger partial charge in [0.15, 0.2) is 0 Å². The molecule has 0 aliphatic rings. The molecule has 0 saturated carbocycles. The Morgan fingerprint density at radius 3 is 2.48 bits per heavy atom. The maximum atomic E-state index is 12.4. The van der Waals surface area contributed by atoms with E-state index in [0.29, 0.717) is 13.1 Å². The fraction of sp³-hybridized carbons (Fsp3) is 0.615. The van der Waals surface area contributed by atoms with E-state index in [1.807, 2.05) is 0 Å². The Bertz CT molecular complexity index is 589. The predicted molar refractivity (Wildman–Crippen MR) is 79.5 cm³/mol. The molecule has 0 aliphatic heterocycles. The van der Waals surface area contributed by atoms with Gasteiger partial charge in [-0.25, -0.2) is 8.42 Å². The number of rotatable bonds is 7. The zero-order chi connectivity index (χ0) is 16.2. The molecule has 7 nitrogen and oxygen atoms in total. The smallest absolute Gasteiger partial charge is 0.268 e. The molecule has 0 spiro atoms. The molecule has 120 valence electrons. The summed E-state index contributed by atoms with van der Waals surface area (Å²) in [7, 11) is -1.97. The molecule has 2 N–H and O–H groups in total.